The SMILES string of the molecule is Nc1ccn([C@@H]2O[C@H](COC(=O)CSc3nnc(Br)n3-c3ccc(C4CC4)c4ccccc34)[C@H](OP(=O)([O-])[O-])C2O)c(=O)n1. The van der Waals surface area contributed by atoms with Gasteiger partial charge in [0.05, 0.1) is 19.3 Å². The molecule has 0 bridgehead atoms. The summed E-state index contributed by atoms with van der Waals surface area (Å²) in [6.07, 6.45) is -3.00. The topological polar surface area (TPSA) is 220 Å². The van der Waals surface area contributed by atoms with Gasteiger partial charge < -0.3 is 39.2 Å². The number of nitrogen functional groups attached to an aromatic ring is 1. The standard InChI is InChI=1S/C26H26BrN6O9PS/c27-24-30-31-26(33(24)17-8-7-14(13-5-6-13)15-3-1-2-4-16(15)17)44-12-20(34)40-11-18-22(42-43(37,38)39)21(35)23(41-18)32-10-9-19(28)29-25(32)36/h1-4,7-10,13,18,21-23,35H,5-6,11-12H2,(H2,28,29,36)(H2,37,38,39)/p-2/t18-,21?,22+,23-/m1/s1. The highest BCUT2D eigenvalue weighted by atomic mass is 79.9. The van der Waals surface area contributed by atoms with Crippen LogP contribution in [0.3, 0.4) is 0 Å². The van der Waals surface area contributed by atoms with Crippen LogP contribution >= 0.6 is 35.5 Å². The molecule has 15 nitrogen and oxygen atoms in total. The Morgan fingerprint density at radius 1 is 1.18 bits per heavy atom. The van der Waals surface area contributed by atoms with Gasteiger partial charge in [-0.1, -0.05) is 42.1 Å². The Morgan fingerprint density at radius 3 is 2.64 bits per heavy atom. The Hall–Kier alpha value is -3.15. The number of phosphoric ester groups is 1. The maximum absolute atomic E-state index is 12.8. The molecule has 1 saturated carbocycles. The molecule has 6 rings (SSSR count). The summed E-state index contributed by atoms with van der Waals surface area (Å²) in [6.45, 7) is -0.599. The van der Waals surface area contributed by atoms with E-state index in [4.69, 9.17) is 15.2 Å². The molecule has 1 saturated heterocycles. The highest BCUT2D eigenvalue weighted by Crippen LogP contribution is 2.44. The molecule has 2 fully saturated rings. The molecule has 1 unspecified atom stereocenters. The maximum atomic E-state index is 12.8. The Morgan fingerprint density at radius 2 is 1.93 bits per heavy atom. The van der Waals surface area contributed by atoms with E-state index in [1.54, 1.807) is 4.57 Å². The first-order valence-electron chi connectivity index (χ1n) is 13.3. The van der Waals surface area contributed by atoms with E-state index in [2.05, 4.69) is 47.8 Å². The average Bonchev–Trinajstić information content (AvgIpc) is 3.70. The van der Waals surface area contributed by atoms with E-state index < -0.39 is 50.6 Å². The van der Waals surface area contributed by atoms with Gasteiger partial charge in [0, 0.05) is 11.6 Å². The van der Waals surface area contributed by atoms with E-state index in [1.807, 2.05) is 24.3 Å². The minimum atomic E-state index is -5.61. The van der Waals surface area contributed by atoms with Gasteiger partial charge in [-0.05, 0) is 57.8 Å². The second kappa shape index (κ2) is 12.3. The Labute approximate surface area is 261 Å². The first-order valence-corrected chi connectivity index (χ1v) is 16.5. The number of nitrogens with two attached hydrogens (primary N) is 1. The number of halogens is 1. The molecule has 44 heavy (non-hydrogen) atoms. The zero-order valence-electron chi connectivity index (χ0n) is 22.6. The number of ether oxygens (including phenoxy) is 2. The Bertz CT molecular complexity index is 1830. The summed E-state index contributed by atoms with van der Waals surface area (Å²) in [7, 11) is -5.61. The molecule has 4 atom stereocenters. The first-order chi connectivity index (χ1) is 21.0. The van der Waals surface area contributed by atoms with Crippen LogP contribution in [0.4, 0.5) is 5.82 Å². The van der Waals surface area contributed by atoms with Gasteiger partial charge in [-0.15, -0.1) is 10.2 Å². The van der Waals surface area contributed by atoms with Crippen LogP contribution in [0, 0.1) is 0 Å². The van der Waals surface area contributed by atoms with Gasteiger partial charge in [0.15, 0.2) is 11.4 Å². The number of anilines is 1. The van der Waals surface area contributed by atoms with E-state index in [0.717, 1.165) is 45.6 Å². The number of carbonyl (C=O) groups excluding carboxylic acids is 1. The highest BCUT2D eigenvalue weighted by Gasteiger charge is 2.47. The molecule has 2 aromatic carbocycles. The number of carbonyl (C=O) groups is 1. The van der Waals surface area contributed by atoms with Gasteiger partial charge in [0.1, 0.15) is 30.7 Å². The smallest absolute Gasteiger partial charge is 0.351 e. The van der Waals surface area contributed by atoms with E-state index in [0.29, 0.717) is 15.8 Å². The summed E-state index contributed by atoms with van der Waals surface area (Å²) in [6, 6.07) is 13.4. The molecular weight excluding hydrogens is 683 g/mol. The fraction of sp³-hybridized carbons (Fsp3) is 0.346. The molecule has 2 aromatic heterocycles. The van der Waals surface area contributed by atoms with E-state index >= 15 is 0 Å². The second-order valence-corrected chi connectivity index (χ2v) is 12.9. The molecule has 3 N–H and O–H groups in total. The summed E-state index contributed by atoms with van der Waals surface area (Å²) in [5.41, 5.74) is 6.70. The summed E-state index contributed by atoms with van der Waals surface area (Å²) in [5, 5.41) is 21.5. The molecule has 0 spiro atoms. The quantitative estimate of drug-likeness (QED) is 0.134. The van der Waals surface area contributed by atoms with Crippen molar-refractivity contribution in [3.63, 3.8) is 0 Å². The molecule has 2 aliphatic rings. The van der Waals surface area contributed by atoms with Crippen molar-refractivity contribution >= 4 is 58.1 Å². The lowest BCUT2D eigenvalue weighted by Gasteiger charge is -2.34. The fourth-order valence-electron chi connectivity index (χ4n) is 5.12. The molecule has 3 heterocycles. The largest absolute Gasteiger partial charge is 0.790 e. The predicted molar refractivity (Wildman–Crippen MR) is 156 cm³/mol. The van der Waals surface area contributed by atoms with Gasteiger partial charge in [-0.2, -0.15) is 4.98 Å². The van der Waals surface area contributed by atoms with Crippen LogP contribution in [-0.2, 0) is 23.4 Å². The van der Waals surface area contributed by atoms with Crippen LogP contribution in [-0.4, -0.2) is 66.1 Å². The monoisotopic (exact) mass is 706 g/mol. The van der Waals surface area contributed by atoms with E-state index in [-0.39, 0.29) is 11.6 Å². The number of hydrogen-bond donors (Lipinski definition) is 2. The van der Waals surface area contributed by atoms with Gasteiger partial charge in [-0.25, -0.2) is 4.79 Å². The van der Waals surface area contributed by atoms with Crippen molar-refractivity contribution in [2.75, 3.05) is 18.1 Å². The number of esters is 1. The minimum Gasteiger partial charge on any atom is -0.790 e. The number of aromatic nitrogens is 5. The number of nitrogens with zero attached hydrogens (tertiary/aromatic N) is 5. The van der Waals surface area contributed by atoms with Crippen molar-refractivity contribution in [2.45, 2.75) is 48.5 Å². The number of aliphatic hydroxyl groups is 1. The van der Waals surface area contributed by atoms with Crippen LogP contribution in [0.5, 0.6) is 0 Å². The summed E-state index contributed by atoms with van der Waals surface area (Å²) in [5.74, 6) is -0.514. The number of phosphoric acid groups is 1. The molecular formula is C26H24BrN6O9PS-2. The van der Waals surface area contributed by atoms with Crippen LogP contribution in [0.2, 0.25) is 0 Å². The predicted octanol–water partition coefficient (Wildman–Crippen LogP) is 1.01. The van der Waals surface area contributed by atoms with Gasteiger partial charge in [0.2, 0.25) is 4.73 Å². The van der Waals surface area contributed by atoms with Gasteiger partial charge >= 0.3 is 11.7 Å². The summed E-state index contributed by atoms with van der Waals surface area (Å²) >= 11 is 4.50. The lowest BCUT2D eigenvalue weighted by atomic mass is 9.99. The third kappa shape index (κ3) is 6.46. The van der Waals surface area contributed by atoms with Crippen molar-refractivity contribution in [1.29, 1.82) is 0 Å². The third-order valence-electron chi connectivity index (χ3n) is 7.20. The number of thioether (sulfide) groups is 1. The molecule has 232 valence electrons. The molecule has 0 amide bonds. The van der Waals surface area contributed by atoms with Gasteiger partial charge in [-0.3, -0.25) is 13.9 Å². The maximum Gasteiger partial charge on any atom is 0.351 e. The van der Waals surface area contributed by atoms with Crippen LogP contribution in [0.25, 0.3) is 16.5 Å². The number of hydrogen-bond acceptors (Lipinski definition) is 14. The number of fused-ring (bicyclic) bond motifs is 1. The molecule has 1 aliphatic heterocycles. The van der Waals surface area contributed by atoms with Crippen molar-refractivity contribution in [2.24, 2.45) is 0 Å². The number of rotatable bonds is 10. The summed E-state index contributed by atoms with van der Waals surface area (Å²) < 4.78 is 29.8. The van der Waals surface area contributed by atoms with Crippen molar-refractivity contribution in [3.05, 3.63) is 69.4 Å². The molecule has 18 heteroatoms. The zero-order chi connectivity index (χ0) is 31.2. The number of benzene rings is 2. The van der Waals surface area contributed by atoms with Crippen molar-refractivity contribution in [3.8, 4) is 5.69 Å². The van der Waals surface area contributed by atoms with Crippen molar-refractivity contribution < 1.29 is 38.3 Å². The van der Waals surface area contributed by atoms with Gasteiger partial charge in [0.25, 0.3) is 0 Å². The molecule has 1 aliphatic carbocycles. The second-order valence-electron chi connectivity index (χ2n) is 10.2. The first kappa shape index (κ1) is 30.9. The fourth-order valence-corrected chi connectivity index (χ4v) is 6.98. The Kier molecular flexibility index (Phi) is 8.65. The lowest BCUT2D eigenvalue weighted by Crippen LogP contribution is -2.40. The third-order valence-corrected chi connectivity index (χ3v) is 9.12. The van der Waals surface area contributed by atoms with Crippen LogP contribution in [0.1, 0.15) is 30.6 Å². The van der Waals surface area contributed by atoms with Crippen LogP contribution in [0.15, 0.2) is 63.3 Å². The lowest BCUT2D eigenvalue weighted by molar-refractivity contribution is -0.347. The Balaban J connectivity index is 1.15. The normalized spacial score (nSPS) is 22.0. The van der Waals surface area contributed by atoms with Crippen molar-refractivity contribution in [1.82, 2.24) is 24.3 Å². The van der Waals surface area contributed by atoms with Crippen LogP contribution < -0.4 is 21.2 Å². The zero-order valence-corrected chi connectivity index (χ0v) is 25.9. The average molecular weight is 707 g/mol. The highest BCUT2D eigenvalue weighted by molar-refractivity contribution is 9.10. The van der Waals surface area contributed by atoms with E-state index in [9.17, 15) is 29.0 Å². The van der Waals surface area contributed by atoms with E-state index in [1.165, 1.54) is 17.8 Å². The molecule has 0 radical (unpaired) electrons. The summed E-state index contributed by atoms with van der Waals surface area (Å²) in [4.78, 5) is 51.3. The molecule has 4 aromatic rings. The number of aliphatic hydroxyl groups excluding tert-OH is 1. The minimum absolute atomic E-state index is 0.0931.